The van der Waals surface area contributed by atoms with Crippen LogP contribution < -0.4 is 10.5 Å². The van der Waals surface area contributed by atoms with Crippen LogP contribution >= 0.6 is 0 Å². The summed E-state index contributed by atoms with van der Waals surface area (Å²) in [4.78, 5) is 7.18. The van der Waals surface area contributed by atoms with Crippen LogP contribution in [0.15, 0.2) is 30.3 Å². The van der Waals surface area contributed by atoms with Crippen LogP contribution in [0.1, 0.15) is 43.7 Å². The Bertz CT molecular complexity index is 782. The van der Waals surface area contributed by atoms with E-state index in [1.54, 1.807) is 7.11 Å². The van der Waals surface area contributed by atoms with Gasteiger partial charge in [0.2, 0.25) is 0 Å². The van der Waals surface area contributed by atoms with Gasteiger partial charge in [0.15, 0.2) is 0 Å². The number of rotatable bonds is 5. The molecule has 2 saturated heterocycles. The second kappa shape index (κ2) is 7.89. The van der Waals surface area contributed by atoms with Crippen molar-refractivity contribution in [2.24, 2.45) is 11.8 Å². The van der Waals surface area contributed by atoms with Crippen molar-refractivity contribution in [3.8, 4) is 17.0 Å². The number of pyridine rings is 1. The molecule has 3 aliphatic rings. The highest BCUT2D eigenvalue weighted by Crippen LogP contribution is 2.36. The summed E-state index contributed by atoms with van der Waals surface area (Å²) in [7, 11) is 1.74. The molecule has 0 unspecified atom stereocenters. The zero-order valence-corrected chi connectivity index (χ0v) is 16.6. The molecule has 5 rings (SSSR count). The highest BCUT2D eigenvalue weighted by Gasteiger charge is 2.29. The highest BCUT2D eigenvalue weighted by atomic mass is 16.5. The standard InChI is InChI=1S/C23H31N3O/c1-3-18-11-20(21-5-4-6-23(24)25-21)22(27-2)12-19(18)15-26-13-16-7-8-17(14-26)10-9-16/h4-6,11-12,16-17H,3,7-10,13-15H2,1-2H3,(H2,24,25). The Hall–Kier alpha value is -2.07. The molecular weight excluding hydrogens is 334 g/mol. The fourth-order valence-electron chi connectivity index (χ4n) is 4.89. The molecule has 2 aromatic rings. The minimum absolute atomic E-state index is 0.539. The number of anilines is 1. The molecule has 0 spiro atoms. The van der Waals surface area contributed by atoms with Gasteiger partial charge in [-0.1, -0.05) is 13.0 Å². The summed E-state index contributed by atoms with van der Waals surface area (Å²) in [6.07, 6.45) is 6.70. The summed E-state index contributed by atoms with van der Waals surface area (Å²) in [6, 6.07) is 10.2. The number of hydrogen-bond donors (Lipinski definition) is 1. The van der Waals surface area contributed by atoms with E-state index in [1.165, 1.54) is 49.9 Å². The van der Waals surface area contributed by atoms with Gasteiger partial charge in [-0.3, -0.25) is 4.90 Å². The molecule has 1 aromatic carbocycles. The van der Waals surface area contributed by atoms with Gasteiger partial charge in [0, 0.05) is 25.2 Å². The lowest BCUT2D eigenvalue weighted by Crippen LogP contribution is -2.28. The van der Waals surface area contributed by atoms with Gasteiger partial charge >= 0.3 is 0 Å². The van der Waals surface area contributed by atoms with Crippen LogP contribution in [-0.2, 0) is 13.0 Å². The summed E-state index contributed by atoms with van der Waals surface area (Å²) in [5.41, 5.74) is 10.6. The maximum absolute atomic E-state index is 5.90. The topological polar surface area (TPSA) is 51.4 Å². The smallest absolute Gasteiger partial charge is 0.128 e. The fourth-order valence-corrected chi connectivity index (χ4v) is 4.89. The number of aromatic nitrogens is 1. The first-order valence-electron chi connectivity index (χ1n) is 10.3. The van der Waals surface area contributed by atoms with Crippen LogP contribution in [0, 0.1) is 11.8 Å². The molecule has 2 aliphatic heterocycles. The molecule has 4 heteroatoms. The zero-order valence-electron chi connectivity index (χ0n) is 16.6. The summed E-state index contributed by atoms with van der Waals surface area (Å²) >= 11 is 0. The van der Waals surface area contributed by atoms with Crippen molar-refractivity contribution in [2.45, 2.75) is 45.6 Å². The second-order valence-electron chi connectivity index (χ2n) is 8.20. The Kier molecular flexibility index (Phi) is 5.35. The summed E-state index contributed by atoms with van der Waals surface area (Å²) < 4.78 is 5.75. The third-order valence-corrected chi connectivity index (χ3v) is 6.34. The molecule has 0 amide bonds. The van der Waals surface area contributed by atoms with Crippen LogP contribution in [0.5, 0.6) is 5.75 Å². The summed E-state index contributed by atoms with van der Waals surface area (Å²) in [5.74, 6) is 3.22. The first-order chi connectivity index (χ1) is 13.2. The molecule has 1 aliphatic carbocycles. The summed E-state index contributed by atoms with van der Waals surface area (Å²) in [6.45, 7) is 5.76. The first-order valence-corrected chi connectivity index (χ1v) is 10.3. The lowest BCUT2D eigenvalue weighted by Gasteiger charge is -2.24. The lowest BCUT2D eigenvalue weighted by atomic mass is 9.84. The van der Waals surface area contributed by atoms with E-state index in [4.69, 9.17) is 10.5 Å². The third-order valence-electron chi connectivity index (χ3n) is 6.34. The van der Waals surface area contributed by atoms with Crippen molar-refractivity contribution >= 4 is 5.82 Å². The predicted octanol–water partition coefficient (Wildman–Crippen LogP) is 4.52. The van der Waals surface area contributed by atoms with E-state index < -0.39 is 0 Å². The van der Waals surface area contributed by atoms with E-state index in [9.17, 15) is 0 Å². The molecule has 2 bridgehead atoms. The Morgan fingerprint density at radius 3 is 2.37 bits per heavy atom. The van der Waals surface area contributed by atoms with Crippen molar-refractivity contribution < 1.29 is 4.74 Å². The van der Waals surface area contributed by atoms with E-state index in [0.29, 0.717) is 5.82 Å². The first kappa shape index (κ1) is 18.3. The monoisotopic (exact) mass is 365 g/mol. The van der Waals surface area contributed by atoms with Crippen molar-refractivity contribution in [3.05, 3.63) is 41.5 Å². The highest BCUT2D eigenvalue weighted by molar-refractivity contribution is 5.70. The van der Waals surface area contributed by atoms with Gasteiger partial charge in [0.25, 0.3) is 0 Å². The van der Waals surface area contributed by atoms with Crippen molar-refractivity contribution in [1.82, 2.24) is 9.88 Å². The SMILES string of the molecule is CCc1cc(-c2cccc(N)n2)c(OC)cc1CN1CC2CCC(CC2)C1. The minimum atomic E-state index is 0.539. The average Bonchev–Trinajstić information content (AvgIpc) is 3.00. The number of nitrogens with zero attached hydrogens (tertiary/aromatic N) is 2. The van der Waals surface area contributed by atoms with Crippen molar-refractivity contribution in [2.75, 3.05) is 25.9 Å². The normalized spacial score (nSPS) is 22.6. The van der Waals surface area contributed by atoms with E-state index in [2.05, 4.69) is 28.9 Å². The van der Waals surface area contributed by atoms with Crippen LogP contribution in [-0.4, -0.2) is 30.1 Å². The van der Waals surface area contributed by atoms with Gasteiger partial charge in [-0.25, -0.2) is 4.98 Å². The predicted molar refractivity (Wildman–Crippen MR) is 111 cm³/mol. The quantitative estimate of drug-likeness (QED) is 0.846. The Labute approximate surface area is 162 Å². The average molecular weight is 366 g/mol. The zero-order chi connectivity index (χ0) is 18.8. The Morgan fingerprint density at radius 2 is 1.78 bits per heavy atom. The number of nitrogens with two attached hydrogens (primary N) is 1. The molecule has 0 atom stereocenters. The number of fused-ring (bicyclic) bond motifs is 4. The molecule has 1 saturated carbocycles. The van der Waals surface area contributed by atoms with Crippen LogP contribution in [0.2, 0.25) is 0 Å². The molecule has 27 heavy (non-hydrogen) atoms. The van der Waals surface area contributed by atoms with Crippen LogP contribution in [0.4, 0.5) is 5.82 Å². The second-order valence-corrected chi connectivity index (χ2v) is 8.20. The van der Waals surface area contributed by atoms with Gasteiger partial charge in [0.05, 0.1) is 12.8 Å². The third kappa shape index (κ3) is 3.96. The van der Waals surface area contributed by atoms with Gasteiger partial charge in [0.1, 0.15) is 11.6 Å². The molecule has 4 nitrogen and oxygen atoms in total. The molecule has 0 radical (unpaired) electrons. The number of nitrogen functional groups attached to an aromatic ring is 1. The maximum atomic E-state index is 5.90. The number of benzene rings is 1. The van der Waals surface area contributed by atoms with Gasteiger partial charge in [-0.05, 0) is 79.3 Å². The fraction of sp³-hybridized carbons (Fsp3) is 0.522. The largest absolute Gasteiger partial charge is 0.496 e. The molecular formula is C23H31N3O. The molecule has 3 fully saturated rings. The van der Waals surface area contributed by atoms with E-state index in [0.717, 1.165) is 41.8 Å². The number of aryl methyl sites for hydroxylation is 1. The van der Waals surface area contributed by atoms with Gasteiger partial charge in [-0.15, -0.1) is 0 Å². The maximum Gasteiger partial charge on any atom is 0.128 e. The van der Waals surface area contributed by atoms with Gasteiger partial charge < -0.3 is 10.5 Å². The number of ether oxygens (including phenoxy) is 1. The van der Waals surface area contributed by atoms with Gasteiger partial charge in [-0.2, -0.15) is 0 Å². The van der Waals surface area contributed by atoms with E-state index in [-0.39, 0.29) is 0 Å². The van der Waals surface area contributed by atoms with E-state index in [1.807, 2.05) is 18.2 Å². The molecule has 2 N–H and O–H groups in total. The Balaban J connectivity index is 1.65. The summed E-state index contributed by atoms with van der Waals surface area (Å²) in [5, 5.41) is 0. The number of hydrogen-bond acceptors (Lipinski definition) is 4. The minimum Gasteiger partial charge on any atom is -0.496 e. The van der Waals surface area contributed by atoms with Crippen molar-refractivity contribution in [1.29, 1.82) is 0 Å². The van der Waals surface area contributed by atoms with Crippen LogP contribution in [0.3, 0.4) is 0 Å². The van der Waals surface area contributed by atoms with Crippen LogP contribution in [0.25, 0.3) is 11.3 Å². The molecule has 1 aromatic heterocycles. The molecule has 3 heterocycles. The molecule has 144 valence electrons. The number of methoxy groups -OCH3 is 1. The van der Waals surface area contributed by atoms with E-state index >= 15 is 0 Å². The van der Waals surface area contributed by atoms with Crippen molar-refractivity contribution in [3.63, 3.8) is 0 Å². The lowest BCUT2D eigenvalue weighted by molar-refractivity contribution is 0.243. The Morgan fingerprint density at radius 1 is 1.07 bits per heavy atom.